The number of carboxylic acid groups (broad SMARTS) is 1. The van der Waals surface area contributed by atoms with E-state index in [1.54, 1.807) is 18.2 Å². The first kappa shape index (κ1) is 13.8. The smallest absolute Gasteiger partial charge is 0.328 e. The van der Waals surface area contributed by atoms with Crippen molar-refractivity contribution in [2.75, 3.05) is 13.7 Å². The lowest BCUT2D eigenvalue weighted by Crippen LogP contribution is -2.22. The summed E-state index contributed by atoms with van der Waals surface area (Å²) >= 11 is 0. The zero-order chi connectivity index (χ0) is 13.5. The fraction of sp³-hybridized carbons (Fsp3) is 0.231. The van der Waals surface area contributed by atoms with E-state index in [2.05, 4.69) is 5.32 Å². The van der Waals surface area contributed by atoms with Crippen LogP contribution in [0.4, 0.5) is 0 Å². The molecule has 0 saturated carbocycles. The molecule has 0 aliphatic rings. The average Bonchev–Trinajstić information content (AvgIpc) is 2.36. The van der Waals surface area contributed by atoms with Crippen LogP contribution < -0.4 is 10.1 Å². The van der Waals surface area contributed by atoms with Crippen molar-refractivity contribution in [2.45, 2.75) is 6.92 Å². The van der Waals surface area contributed by atoms with Crippen LogP contribution in [0.5, 0.6) is 5.75 Å². The van der Waals surface area contributed by atoms with Crippen LogP contribution in [0.15, 0.2) is 24.3 Å². The zero-order valence-corrected chi connectivity index (χ0v) is 10.3. The van der Waals surface area contributed by atoms with E-state index in [0.29, 0.717) is 23.4 Å². The van der Waals surface area contributed by atoms with Crippen LogP contribution >= 0.6 is 0 Å². The van der Waals surface area contributed by atoms with Gasteiger partial charge in [-0.05, 0) is 31.2 Å². The molecule has 0 aromatic heterocycles. The number of rotatable bonds is 5. The zero-order valence-electron chi connectivity index (χ0n) is 10.3. The first-order valence-corrected chi connectivity index (χ1v) is 5.45. The Morgan fingerprint density at radius 2 is 2.17 bits per heavy atom. The summed E-state index contributed by atoms with van der Waals surface area (Å²) in [6.45, 7) is 2.36. The predicted octanol–water partition coefficient (Wildman–Crippen LogP) is 1.54. The highest BCUT2D eigenvalue weighted by Crippen LogP contribution is 2.21. The van der Waals surface area contributed by atoms with Gasteiger partial charge in [-0.1, -0.05) is 0 Å². The first-order valence-electron chi connectivity index (χ1n) is 5.45. The number of aliphatic carboxylic acids is 1. The number of carbonyl (C=O) groups is 2. The molecule has 0 saturated heterocycles. The first-order chi connectivity index (χ1) is 8.58. The molecule has 0 aliphatic heterocycles. The second kappa shape index (κ2) is 6.44. The molecule has 1 aromatic rings. The lowest BCUT2D eigenvalue weighted by Gasteiger charge is -2.07. The van der Waals surface area contributed by atoms with Crippen molar-refractivity contribution in [2.24, 2.45) is 0 Å². The third-order valence-electron chi connectivity index (χ3n) is 2.23. The van der Waals surface area contributed by atoms with Crippen molar-refractivity contribution < 1.29 is 19.4 Å². The number of nitrogens with one attached hydrogen (secondary N) is 1. The lowest BCUT2D eigenvalue weighted by molar-refractivity contribution is -0.131. The van der Waals surface area contributed by atoms with Crippen LogP contribution in [0, 0.1) is 0 Å². The van der Waals surface area contributed by atoms with Gasteiger partial charge in [0, 0.05) is 23.7 Å². The van der Waals surface area contributed by atoms with Crippen molar-refractivity contribution in [3.63, 3.8) is 0 Å². The van der Waals surface area contributed by atoms with Gasteiger partial charge in [0.2, 0.25) is 0 Å². The topological polar surface area (TPSA) is 75.6 Å². The SMILES string of the molecule is CCNC(=O)c1ccc(OC)c(C=CC(=O)O)c1. The minimum absolute atomic E-state index is 0.204. The average molecular weight is 249 g/mol. The number of amides is 1. The molecule has 0 heterocycles. The molecule has 0 fully saturated rings. The number of carbonyl (C=O) groups excluding carboxylic acids is 1. The van der Waals surface area contributed by atoms with E-state index in [0.717, 1.165) is 6.08 Å². The van der Waals surface area contributed by atoms with E-state index in [9.17, 15) is 9.59 Å². The fourth-order valence-electron chi connectivity index (χ4n) is 1.43. The molecular weight excluding hydrogens is 234 g/mol. The van der Waals surface area contributed by atoms with Gasteiger partial charge in [-0.3, -0.25) is 4.79 Å². The highest BCUT2D eigenvalue weighted by Gasteiger charge is 2.08. The van der Waals surface area contributed by atoms with Crippen LogP contribution in [-0.2, 0) is 4.79 Å². The van der Waals surface area contributed by atoms with Crippen LogP contribution in [0.2, 0.25) is 0 Å². The van der Waals surface area contributed by atoms with Crippen LogP contribution in [0.25, 0.3) is 6.08 Å². The Bertz CT molecular complexity index is 480. The van der Waals surface area contributed by atoms with Gasteiger partial charge >= 0.3 is 5.97 Å². The standard InChI is InChI=1S/C13H15NO4/c1-3-14-13(17)10-4-6-11(18-2)9(8-10)5-7-12(15)16/h4-8H,3H2,1-2H3,(H,14,17)(H,15,16). The Labute approximate surface area is 105 Å². The van der Waals surface area contributed by atoms with Gasteiger partial charge < -0.3 is 15.2 Å². The molecule has 1 aromatic carbocycles. The van der Waals surface area contributed by atoms with Crippen molar-refractivity contribution in [1.29, 1.82) is 0 Å². The molecule has 1 amide bonds. The maximum absolute atomic E-state index is 11.6. The van der Waals surface area contributed by atoms with Crippen LogP contribution in [0.3, 0.4) is 0 Å². The van der Waals surface area contributed by atoms with E-state index in [4.69, 9.17) is 9.84 Å². The third-order valence-corrected chi connectivity index (χ3v) is 2.23. The molecular formula is C13H15NO4. The number of ether oxygens (including phenoxy) is 1. The van der Waals surface area contributed by atoms with Gasteiger partial charge in [0.05, 0.1) is 7.11 Å². The third kappa shape index (κ3) is 3.62. The molecule has 5 heteroatoms. The Morgan fingerprint density at radius 1 is 1.44 bits per heavy atom. The van der Waals surface area contributed by atoms with Crippen LogP contribution in [0.1, 0.15) is 22.8 Å². The van der Waals surface area contributed by atoms with Crippen molar-refractivity contribution in [3.05, 3.63) is 35.4 Å². The number of hydrogen-bond acceptors (Lipinski definition) is 3. The number of benzene rings is 1. The van der Waals surface area contributed by atoms with Gasteiger partial charge in [0.1, 0.15) is 5.75 Å². The molecule has 5 nitrogen and oxygen atoms in total. The predicted molar refractivity (Wildman–Crippen MR) is 67.7 cm³/mol. The summed E-state index contributed by atoms with van der Waals surface area (Å²) in [6.07, 6.45) is 2.39. The molecule has 0 atom stereocenters. The minimum atomic E-state index is -1.06. The summed E-state index contributed by atoms with van der Waals surface area (Å²) in [4.78, 5) is 22.1. The van der Waals surface area contributed by atoms with Gasteiger partial charge in [-0.15, -0.1) is 0 Å². The van der Waals surface area contributed by atoms with E-state index in [1.807, 2.05) is 6.92 Å². The Balaban J connectivity index is 3.09. The molecule has 0 spiro atoms. The summed E-state index contributed by atoms with van der Waals surface area (Å²) in [5.74, 6) is -0.744. The Kier molecular flexibility index (Phi) is 4.92. The Hall–Kier alpha value is -2.30. The Morgan fingerprint density at radius 3 is 2.72 bits per heavy atom. The maximum atomic E-state index is 11.6. The number of methoxy groups -OCH3 is 1. The van der Waals surface area contributed by atoms with E-state index >= 15 is 0 Å². The van der Waals surface area contributed by atoms with Crippen LogP contribution in [-0.4, -0.2) is 30.6 Å². The van der Waals surface area contributed by atoms with Crippen molar-refractivity contribution in [1.82, 2.24) is 5.32 Å². The number of hydrogen-bond donors (Lipinski definition) is 2. The molecule has 0 aliphatic carbocycles. The quantitative estimate of drug-likeness (QED) is 0.776. The van der Waals surface area contributed by atoms with Gasteiger partial charge in [0.25, 0.3) is 5.91 Å². The largest absolute Gasteiger partial charge is 0.496 e. The minimum Gasteiger partial charge on any atom is -0.496 e. The lowest BCUT2D eigenvalue weighted by atomic mass is 10.1. The highest BCUT2D eigenvalue weighted by atomic mass is 16.5. The summed E-state index contributed by atoms with van der Waals surface area (Å²) in [7, 11) is 1.49. The fourth-order valence-corrected chi connectivity index (χ4v) is 1.43. The molecule has 0 bridgehead atoms. The molecule has 1 rings (SSSR count). The summed E-state index contributed by atoms with van der Waals surface area (Å²) < 4.78 is 5.10. The van der Waals surface area contributed by atoms with Gasteiger partial charge in [-0.2, -0.15) is 0 Å². The summed E-state index contributed by atoms with van der Waals surface area (Å²) in [6, 6.07) is 4.84. The van der Waals surface area contributed by atoms with E-state index in [1.165, 1.54) is 13.2 Å². The summed E-state index contributed by atoms with van der Waals surface area (Å²) in [5, 5.41) is 11.3. The van der Waals surface area contributed by atoms with E-state index < -0.39 is 5.97 Å². The second-order valence-corrected chi connectivity index (χ2v) is 3.49. The summed E-state index contributed by atoms with van der Waals surface area (Å²) in [5.41, 5.74) is 1.01. The second-order valence-electron chi connectivity index (χ2n) is 3.49. The molecule has 0 radical (unpaired) electrons. The maximum Gasteiger partial charge on any atom is 0.328 e. The van der Waals surface area contributed by atoms with Gasteiger partial charge in [0.15, 0.2) is 0 Å². The van der Waals surface area contributed by atoms with E-state index in [-0.39, 0.29) is 5.91 Å². The monoisotopic (exact) mass is 249 g/mol. The molecule has 96 valence electrons. The van der Waals surface area contributed by atoms with Crippen molar-refractivity contribution in [3.8, 4) is 5.75 Å². The molecule has 0 unspecified atom stereocenters. The number of carboxylic acids is 1. The normalized spacial score (nSPS) is 10.3. The molecule has 18 heavy (non-hydrogen) atoms. The van der Waals surface area contributed by atoms with Crippen molar-refractivity contribution >= 4 is 18.0 Å². The highest BCUT2D eigenvalue weighted by molar-refractivity contribution is 5.95. The molecule has 2 N–H and O–H groups in total. The van der Waals surface area contributed by atoms with Gasteiger partial charge in [-0.25, -0.2) is 4.79 Å².